The third-order valence-electron chi connectivity index (χ3n) is 2.68. The third-order valence-corrected chi connectivity index (χ3v) is 2.68. The molecular formula is C13H21NO. The van der Waals surface area contributed by atoms with Crippen LogP contribution in [-0.2, 0) is 0 Å². The van der Waals surface area contributed by atoms with E-state index in [0.29, 0.717) is 25.0 Å². The molecule has 2 nitrogen and oxygen atoms in total. The van der Waals surface area contributed by atoms with E-state index in [0.717, 1.165) is 5.75 Å². The minimum atomic E-state index is 0.445. The Morgan fingerprint density at radius 2 is 1.80 bits per heavy atom. The van der Waals surface area contributed by atoms with Crippen LogP contribution in [0.5, 0.6) is 5.75 Å². The summed E-state index contributed by atoms with van der Waals surface area (Å²) < 4.78 is 5.40. The van der Waals surface area contributed by atoms with Crippen LogP contribution in [0.4, 0.5) is 0 Å². The molecule has 0 aromatic heterocycles. The van der Waals surface area contributed by atoms with Gasteiger partial charge in [-0.15, -0.1) is 0 Å². The van der Waals surface area contributed by atoms with E-state index >= 15 is 0 Å². The van der Waals surface area contributed by atoms with Crippen molar-refractivity contribution in [2.24, 2.45) is 11.7 Å². The standard InChI is InChI=1S/C13H21NO/c1-4-15-12-7-5-11(6-8-12)13(9-14)10(2)3/h5-8,10,13H,4,9,14H2,1-3H3. The molecule has 1 atom stereocenters. The molecule has 0 fully saturated rings. The number of rotatable bonds is 5. The van der Waals surface area contributed by atoms with Gasteiger partial charge in [0.2, 0.25) is 0 Å². The minimum absolute atomic E-state index is 0.445. The van der Waals surface area contributed by atoms with Crippen molar-refractivity contribution in [2.45, 2.75) is 26.7 Å². The lowest BCUT2D eigenvalue weighted by Crippen LogP contribution is -2.17. The van der Waals surface area contributed by atoms with Crippen molar-refractivity contribution < 1.29 is 4.74 Å². The van der Waals surface area contributed by atoms with Crippen LogP contribution < -0.4 is 10.5 Å². The van der Waals surface area contributed by atoms with Gasteiger partial charge in [0.1, 0.15) is 5.75 Å². The van der Waals surface area contributed by atoms with Crippen LogP contribution in [0, 0.1) is 5.92 Å². The molecule has 2 heteroatoms. The summed E-state index contributed by atoms with van der Waals surface area (Å²) in [7, 11) is 0. The Bertz CT molecular complexity index is 279. The van der Waals surface area contributed by atoms with E-state index in [2.05, 4.69) is 26.0 Å². The third kappa shape index (κ3) is 3.24. The van der Waals surface area contributed by atoms with E-state index < -0.39 is 0 Å². The fraction of sp³-hybridized carbons (Fsp3) is 0.538. The Balaban J connectivity index is 2.77. The predicted molar refractivity (Wildman–Crippen MR) is 64.2 cm³/mol. The Morgan fingerprint density at radius 1 is 1.20 bits per heavy atom. The van der Waals surface area contributed by atoms with Gasteiger partial charge in [0.25, 0.3) is 0 Å². The molecule has 0 amide bonds. The maximum Gasteiger partial charge on any atom is 0.119 e. The van der Waals surface area contributed by atoms with Crippen molar-refractivity contribution in [1.82, 2.24) is 0 Å². The summed E-state index contributed by atoms with van der Waals surface area (Å²) >= 11 is 0. The highest BCUT2D eigenvalue weighted by atomic mass is 16.5. The first-order valence-corrected chi connectivity index (χ1v) is 5.61. The smallest absolute Gasteiger partial charge is 0.119 e. The Kier molecular flexibility index (Phi) is 4.63. The van der Waals surface area contributed by atoms with Gasteiger partial charge in [0.15, 0.2) is 0 Å². The molecule has 1 aromatic rings. The highest BCUT2D eigenvalue weighted by Gasteiger charge is 2.13. The molecule has 1 aromatic carbocycles. The predicted octanol–water partition coefficient (Wildman–Crippen LogP) is 2.78. The highest BCUT2D eigenvalue weighted by molar-refractivity contribution is 5.29. The van der Waals surface area contributed by atoms with Gasteiger partial charge < -0.3 is 10.5 Å². The van der Waals surface area contributed by atoms with Crippen molar-refractivity contribution in [1.29, 1.82) is 0 Å². The summed E-state index contributed by atoms with van der Waals surface area (Å²) in [5.74, 6) is 1.95. The van der Waals surface area contributed by atoms with Crippen LogP contribution in [0.3, 0.4) is 0 Å². The molecule has 1 rings (SSSR count). The molecule has 0 aliphatic heterocycles. The lowest BCUT2D eigenvalue weighted by Gasteiger charge is -2.19. The number of ether oxygens (including phenoxy) is 1. The monoisotopic (exact) mass is 207 g/mol. The highest BCUT2D eigenvalue weighted by Crippen LogP contribution is 2.24. The summed E-state index contributed by atoms with van der Waals surface area (Å²) in [5, 5.41) is 0. The molecule has 1 unspecified atom stereocenters. The number of nitrogens with two attached hydrogens (primary N) is 1. The zero-order valence-corrected chi connectivity index (χ0v) is 9.86. The van der Waals surface area contributed by atoms with Crippen LogP contribution in [-0.4, -0.2) is 13.2 Å². The van der Waals surface area contributed by atoms with E-state index in [1.165, 1.54) is 5.56 Å². The van der Waals surface area contributed by atoms with Crippen molar-refractivity contribution in [3.63, 3.8) is 0 Å². The van der Waals surface area contributed by atoms with E-state index in [1.54, 1.807) is 0 Å². The molecule has 0 aliphatic rings. The minimum Gasteiger partial charge on any atom is -0.494 e. The average molecular weight is 207 g/mol. The summed E-state index contributed by atoms with van der Waals surface area (Å²) in [6.07, 6.45) is 0. The van der Waals surface area contributed by atoms with E-state index in [-0.39, 0.29) is 0 Å². The van der Waals surface area contributed by atoms with Crippen LogP contribution in [0.15, 0.2) is 24.3 Å². The average Bonchev–Trinajstić information content (AvgIpc) is 2.21. The number of hydrogen-bond donors (Lipinski definition) is 1. The maximum absolute atomic E-state index is 5.77. The molecule has 0 saturated carbocycles. The molecule has 2 N–H and O–H groups in total. The molecule has 0 saturated heterocycles. The van der Waals surface area contributed by atoms with Gasteiger partial charge >= 0.3 is 0 Å². The lowest BCUT2D eigenvalue weighted by molar-refractivity contribution is 0.340. The van der Waals surface area contributed by atoms with Gasteiger partial charge in [0.05, 0.1) is 6.61 Å². The van der Waals surface area contributed by atoms with Gasteiger partial charge in [-0.25, -0.2) is 0 Å². The maximum atomic E-state index is 5.77. The van der Waals surface area contributed by atoms with E-state index in [1.807, 2.05) is 19.1 Å². The largest absolute Gasteiger partial charge is 0.494 e. The van der Waals surface area contributed by atoms with Crippen LogP contribution >= 0.6 is 0 Å². The first-order chi connectivity index (χ1) is 7.19. The molecule has 0 spiro atoms. The first kappa shape index (κ1) is 12.1. The van der Waals surface area contributed by atoms with E-state index in [9.17, 15) is 0 Å². The summed E-state index contributed by atoms with van der Waals surface area (Å²) in [6, 6.07) is 8.26. The number of benzene rings is 1. The van der Waals surface area contributed by atoms with Crippen molar-refractivity contribution in [3.8, 4) is 5.75 Å². The molecule has 0 aliphatic carbocycles. The second-order valence-electron chi connectivity index (χ2n) is 4.09. The SMILES string of the molecule is CCOc1ccc(C(CN)C(C)C)cc1. The van der Waals surface area contributed by atoms with Crippen LogP contribution in [0.1, 0.15) is 32.3 Å². The number of hydrogen-bond acceptors (Lipinski definition) is 2. The van der Waals surface area contributed by atoms with Crippen LogP contribution in [0.25, 0.3) is 0 Å². The van der Waals surface area contributed by atoms with Gasteiger partial charge in [-0.1, -0.05) is 26.0 Å². The topological polar surface area (TPSA) is 35.2 Å². The van der Waals surface area contributed by atoms with Crippen LogP contribution in [0.2, 0.25) is 0 Å². The fourth-order valence-electron chi connectivity index (χ4n) is 1.77. The van der Waals surface area contributed by atoms with Gasteiger partial charge in [-0.2, -0.15) is 0 Å². The molecule has 0 heterocycles. The lowest BCUT2D eigenvalue weighted by atomic mass is 9.89. The summed E-state index contributed by atoms with van der Waals surface area (Å²) in [6.45, 7) is 7.81. The van der Waals surface area contributed by atoms with E-state index in [4.69, 9.17) is 10.5 Å². The molecule has 0 bridgehead atoms. The molecule has 84 valence electrons. The Morgan fingerprint density at radius 3 is 2.20 bits per heavy atom. The normalized spacial score (nSPS) is 12.9. The quantitative estimate of drug-likeness (QED) is 0.805. The fourth-order valence-corrected chi connectivity index (χ4v) is 1.77. The summed E-state index contributed by atoms with van der Waals surface area (Å²) in [4.78, 5) is 0. The molecular weight excluding hydrogens is 186 g/mol. The first-order valence-electron chi connectivity index (χ1n) is 5.61. The van der Waals surface area contributed by atoms with Crippen molar-refractivity contribution in [2.75, 3.05) is 13.2 Å². The molecule has 0 radical (unpaired) electrons. The zero-order chi connectivity index (χ0) is 11.3. The van der Waals surface area contributed by atoms with Crippen molar-refractivity contribution in [3.05, 3.63) is 29.8 Å². The van der Waals surface area contributed by atoms with Crippen molar-refractivity contribution >= 4 is 0 Å². The second kappa shape index (κ2) is 5.76. The Hall–Kier alpha value is -1.02. The molecule has 15 heavy (non-hydrogen) atoms. The zero-order valence-electron chi connectivity index (χ0n) is 9.86. The van der Waals surface area contributed by atoms with Gasteiger partial charge in [0, 0.05) is 0 Å². The second-order valence-corrected chi connectivity index (χ2v) is 4.09. The summed E-state index contributed by atoms with van der Waals surface area (Å²) in [5.41, 5.74) is 7.07. The Labute approximate surface area is 92.4 Å². The van der Waals surface area contributed by atoms with Gasteiger partial charge in [-0.05, 0) is 43.0 Å². The van der Waals surface area contributed by atoms with Gasteiger partial charge in [-0.3, -0.25) is 0 Å².